The second kappa shape index (κ2) is 18.9. The Morgan fingerprint density at radius 1 is 0.959 bits per heavy atom. The molecule has 2 saturated carbocycles. The van der Waals surface area contributed by atoms with Gasteiger partial charge in [0.15, 0.2) is 5.96 Å². The summed E-state index contributed by atoms with van der Waals surface area (Å²) >= 11 is 11.9. The number of aliphatic hydroxyl groups excluding tert-OH is 1. The standard InChI is InChI=1S/C40H61Cl2N5O2/c1-40-18-17-35-34-14-13-33(48)28-31(34)27-30(38(35)36(40)15-16-37(40)49)8-4-2-3-5-21-44-23-24-46-39(43)45-22-6-7-29-9-11-32(12-10-29)47(25-19-41)26-20-42/h9-14,28,30,35-38,44,48-49H,2-8,15-27H2,1H3,(H3,43,45,46)/t30-,35-,36+,37+,38-,40+/m1/s1. The molecule has 272 valence electrons. The van der Waals surface area contributed by atoms with Gasteiger partial charge in [-0.1, -0.05) is 44.4 Å². The Balaban J connectivity index is 0.932. The number of nitrogens with one attached hydrogen (secondary N) is 2. The van der Waals surface area contributed by atoms with Crippen LogP contribution in [0.15, 0.2) is 47.5 Å². The number of halogens is 2. The van der Waals surface area contributed by atoms with Crippen LogP contribution in [-0.4, -0.2) is 73.3 Å². The van der Waals surface area contributed by atoms with Gasteiger partial charge in [-0.15, -0.1) is 23.2 Å². The first-order chi connectivity index (χ1) is 23.8. The summed E-state index contributed by atoms with van der Waals surface area (Å²) in [5.41, 5.74) is 11.5. The van der Waals surface area contributed by atoms with Crippen molar-refractivity contribution in [3.8, 4) is 5.75 Å². The lowest BCUT2D eigenvalue weighted by Gasteiger charge is -2.53. The van der Waals surface area contributed by atoms with Crippen molar-refractivity contribution in [3.05, 3.63) is 59.2 Å². The van der Waals surface area contributed by atoms with Crippen molar-refractivity contribution < 1.29 is 10.2 Å². The second-order valence-corrected chi connectivity index (χ2v) is 15.8. The fourth-order valence-corrected chi connectivity index (χ4v) is 9.84. The van der Waals surface area contributed by atoms with E-state index in [0.717, 1.165) is 70.5 Å². The van der Waals surface area contributed by atoms with E-state index < -0.39 is 0 Å². The first-order valence-electron chi connectivity index (χ1n) is 19.0. The summed E-state index contributed by atoms with van der Waals surface area (Å²) in [6.07, 6.45) is 13.5. The van der Waals surface area contributed by atoms with E-state index in [9.17, 15) is 10.2 Å². The van der Waals surface area contributed by atoms with E-state index in [1.165, 1.54) is 61.6 Å². The number of alkyl halides is 2. The number of aryl methyl sites for hydroxylation is 1. The minimum absolute atomic E-state index is 0.0805. The Hall–Kier alpha value is -2.19. The predicted octanol–water partition coefficient (Wildman–Crippen LogP) is 7.20. The molecule has 0 heterocycles. The average molecular weight is 715 g/mol. The van der Waals surface area contributed by atoms with Crippen molar-refractivity contribution >= 4 is 34.8 Å². The quantitative estimate of drug-likeness (QED) is 0.0457. The molecule has 5 rings (SSSR count). The Morgan fingerprint density at radius 2 is 1.73 bits per heavy atom. The summed E-state index contributed by atoms with van der Waals surface area (Å²) in [4.78, 5) is 6.71. The Labute approximate surface area is 305 Å². The van der Waals surface area contributed by atoms with Gasteiger partial charge in [-0.25, -0.2) is 0 Å². The Bertz CT molecular complexity index is 1320. The zero-order valence-corrected chi connectivity index (χ0v) is 31.2. The maximum absolute atomic E-state index is 10.9. The number of rotatable bonds is 19. The summed E-state index contributed by atoms with van der Waals surface area (Å²) < 4.78 is 0. The fourth-order valence-electron chi connectivity index (χ4n) is 9.43. The highest BCUT2D eigenvalue weighted by molar-refractivity contribution is 6.18. The molecule has 3 aliphatic carbocycles. The Kier molecular flexibility index (Phi) is 14.7. The SMILES string of the molecule is C[C@]12CC[C@@H]3c4ccc(O)cc4C[C@@H](CCCCCCNCCNC(N)=NCCCc4ccc(N(CCCl)CCCl)cc4)[C@H]3[C@@H]1CC[C@@H]2O. The van der Waals surface area contributed by atoms with Gasteiger partial charge < -0.3 is 31.5 Å². The Morgan fingerprint density at radius 3 is 2.51 bits per heavy atom. The molecule has 0 aromatic heterocycles. The highest BCUT2D eigenvalue weighted by Crippen LogP contribution is 2.62. The number of aromatic hydroxyl groups is 1. The topological polar surface area (TPSA) is 106 Å². The number of hydrogen-bond donors (Lipinski definition) is 5. The van der Waals surface area contributed by atoms with Gasteiger partial charge >= 0.3 is 0 Å². The number of nitrogens with two attached hydrogens (primary N) is 1. The summed E-state index contributed by atoms with van der Waals surface area (Å²) in [6, 6.07) is 14.7. The van der Waals surface area contributed by atoms with Crippen molar-refractivity contribution in [2.75, 3.05) is 55.9 Å². The van der Waals surface area contributed by atoms with Crippen molar-refractivity contribution in [1.29, 1.82) is 0 Å². The third-order valence-electron chi connectivity index (χ3n) is 12.0. The van der Waals surface area contributed by atoms with Crippen LogP contribution < -0.4 is 21.3 Å². The molecule has 49 heavy (non-hydrogen) atoms. The van der Waals surface area contributed by atoms with Crippen LogP contribution >= 0.6 is 23.2 Å². The number of phenolic OH excluding ortho intramolecular Hbond substituents is 1. The van der Waals surface area contributed by atoms with Crippen molar-refractivity contribution in [1.82, 2.24) is 10.6 Å². The maximum Gasteiger partial charge on any atom is 0.188 e. The molecule has 0 amide bonds. The van der Waals surface area contributed by atoms with Crippen LogP contribution in [0.4, 0.5) is 5.69 Å². The zero-order chi connectivity index (χ0) is 34.6. The van der Waals surface area contributed by atoms with Gasteiger partial charge in [-0.2, -0.15) is 0 Å². The van der Waals surface area contributed by atoms with Crippen molar-refractivity contribution in [2.24, 2.45) is 33.9 Å². The molecule has 3 aliphatic rings. The minimum Gasteiger partial charge on any atom is -0.508 e. The van der Waals surface area contributed by atoms with Crippen LogP contribution in [0.5, 0.6) is 5.75 Å². The van der Waals surface area contributed by atoms with E-state index in [-0.39, 0.29) is 11.5 Å². The molecular formula is C40H61Cl2N5O2. The van der Waals surface area contributed by atoms with Gasteiger partial charge in [-0.05, 0) is 134 Å². The number of unbranched alkanes of at least 4 members (excludes halogenated alkanes) is 3. The number of benzene rings is 2. The number of aliphatic hydroxyl groups is 1. The van der Waals surface area contributed by atoms with Crippen LogP contribution in [-0.2, 0) is 12.8 Å². The maximum atomic E-state index is 10.9. The monoisotopic (exact) mass is 713 g/mol. The molecule has 2 aromatic carbocycles. The molecule has 0 radical (unpaired) electrons. The molecule has 6 N–H and O–H groups in total. The highest BCUT2D eigenvalue weighted by atomic mass is 35.5. The molecule has 0 aliphatic heterocycles. The van der Waals surface area contributed by atoms with Crippen LogP contribution in [0.2, 0.25) is 0 Å². The number of fused-ring (bicyclic) bond motifs is 5. The van der Waals surface area contributed by atoms with E-state index in [1.807, 2.05) is 12.1 Å². The van der Waals surface area contributed by atoms with Crippen LogP contribution in [0.25, 0.3) is 0 Å². The predicted molar refractivity (Wildman–Crippen MR) is 206 cm³/mol. The minimum atomic E-state index is -0.146. The molecule has 0 bridgehead atoms. The average Bonchev–Trinajstić information content (AvgIpc) is 3.41. The van der Waals surface area contributed by atoms with Gasteiger partial charge in [0.2, 0.25) is 0 Å². The lowest BCUT2D eigenvalue weighted by Crippen LogP contribution is -2.47. The van der Waals surface area contributed by atoms with Gasteiger partial charge in [0.05, 0.1) is 6.10 Å². The summed E-state index contributed by atoms with van der Waals surface area (Å²) in [6.45, 7) is 7.33. The number of hydrogen-bond acceptors (Lipinski definition) is 5. The van der Waals surface area contributed by atoms with E-state index >= 15 is 0 Å². The molecule has 6 atom stereocenters. The van der Waals surface area contributed by atoms with Gasteiger partial charge in [0.25, 0.3) is 0 Å². The van der Waals surface area contributed by atoms with Crippen molar-refractivity contribution in [3.63, 3.8) is 0 Å². The van der Waals surface area contributed by atoms with Crippen LogP contribution in [0, 0.1) is 23.2 Å². The lowest BCUT2D eigenvalue weighted by atomic mass is 9.52. The fraction of sp³-hybridized carbons (Fsp3) is 0.675. The van der Waals surface area contributed by atoms with E-state index in [0.29, 0.717) is 53.7 Å². The highest BCUT2D eigenvalue weighted by Gasteiger charge is 2.56. The molecule has 0 unspecified atom stereocenters. The number of aliphatic imine (C=N–C) groups is 1. The molecule has 0 spiro atoms. The third-order valence-corrected chi connectivity index (χ3v) is 12.4. The molecule has 0 saturated heterocycles. The summed E-state index contributed by atoms with van der Waals surface area (Å²) in [5.74, 6) is 4.60. The van der Waals surface area contributed by atoms with Crippen molar-refractivity contribution in [2.45, 2.75) is 96.0 Å². The number of nitrogens with zero attached hydrogens (tertiary/aromatic N) is 2. The molecule has 7 nitrogen and oxygen atoms in total. The second-order valence-electron chi connectivity index (χ2n) is 15.1. The van der Waals surface area contributed by atoms with E-state index in [4.69, 9.17) is 28.9 Å². The first kappa shape index (κ1) is 38.1. The first-order valence-corrected chi connectivity index (χ1v) is 20.1. The molecule has 9 heteroatoms. The van der Waals surface area contributed by atoms with Gasteiger partial charge in [0, 0.05) is 50.2 Å². The molecular weight excluding hydrogens is 653 g/mol. The molecule has 2 aromatic rings. The smallest absolute Gasteiger partial charge is 0.188 e. The van der Waals surface area contributed by atoms with Gasteiger partial charge in [-0.3, -0.25) is 4.99 Å². The molecule has 2 fully saturated rings. The van der Waals surface area contributed by atoms with E-state index in [1.54, 1.807) is 0 Å². The van der Waals surface area contributed by atoms with Crippen LogP contribution in [0.3, 0.4) is 0 Å². The number of phenols is 1. The summed E-state index contributed by atoms with van der Waals surface area (Å²) in [5, 5.41) is 27.9. The summed E-state index contributed by atoms with van der Waals surface area (Å²) in [7, 11) is 0. The van der Waals surface area contributed by atoms with E-state index in [2.05, 4.69) is 57.8 Å². The zero-order valence-electron chi connectivity index (χ0n) is 29.7. The van der Waals surface area contributed by atoms with Gasteiger partial charge in [0.1, 0.15) is 5.75 Å². The number of guanidine groups is 1. The number of anilines is 1. The van der Waals surface area contributed by atoms with Crippen LogP contribution in [0.1, 0.15) is 93.7 Å². The lowest BCUT2D eigenvalue weighted by molar-refractivity contribution is -0.0396. The normalized spacial score (nSPS) is 26.2. The third kappa shape index (κ3) is 9.99. The largest absolute Gasteiger partial charge is 0.508 e.